The summed E-state index contributed by atoms with van der Waals surface area (Å²) in [5.41, 5.74) is 0.190. The fraction of sp³-hybridized carbons (Fsp3) is 0.750. The van der Waals surface area contributed by atoms with Gasteiger partial charge in [0.15, 0.2) is 0 Å². The third-order valence-corrected chi connectivity index (χ3v) is 1.29. The number of carbonyl (C=O) groups is 1. The van der Waals surface area contributed by atoms with Gasteiger partial charge in [-0.25, -0.2) is 4.79 Å². The van der Waals surface area contributed by atoms with Crippen LogP contribution in [0.3, 0.4) is 0 Å². The lowest BCUT2D eigenvalue weighted by atomic mass is 10.1. The van der Waals surface area contributed by atoms with Gasteiger partial charge in [0, 0.05) is 13.0 Å². The van der Waals surface area contributed by atoms with Gasteiger partial charge in [-0.2, -0.15) is 0 Å². The van der Waals surface area contributed by atoms with Crippen molar-refractivity contribution >= 4 is 11.7 Å². The molecule has 0 N–H and O–H groups in total. The first-order chi connectivity index (χ1) is 4.99. The van der Waals surface area contributed by atoms with Crippen molar-refractivity contribution in [1.82, 2.24) is 0 Å². The molecule has 0 spiro atoms. The predicted molar refractivity (Wildman–Crippen MR) is 42.8 cm³/mol. The Hall–Kier alpha value is -0.860. The maximum Gasteiger partial charge on any atom is 0.352 e. The monoisotopic (exact) mass is 155 g/mol. The summed E-state index contributed by atoms with van der Waals surface area (Å²) in [6.45, 7) is 6.33. The zero-order chi connectivity index (χ0) is 8.48. The van der Waals surface area contributed by atoms with Crippen LogP contribution in [0.15, 0.2) is 4.99 Å². The van der Waals surface area contributed by atoms with E-state index >= 15 is 0 Å². The zero-order valence-corrected chi connectivity index (χ0v) is 7.18. The molecule has 0 aromatic carbocycles. The van der Waals surface area contributed by atoms with Gasteiger partial charge in [-0.1, -0.05) is 0 Å². The van der Waals surface area contributed by atoms with E-state index in [9.17, 15) is 4.79 Å². The standard InChI is InChI=1S/C8H13NO2/c1-8(2,3)11-7(10)6-4-5-9-6/h4-5H2,1-3H3. The van der Waals surface area contributed by atoms with Gasteiger partial charge in [0.1, 0.15) is 11.3 Å². The second kappa shape index (κ2) is 2.64. The molecule has 0 aliphatic carbocycles. The maximum atomic E-state index is 11.1. The fourth-order valence-corrected chi connectivity index (χ4v) is 0.727. The Bertz CT molecular complexity index is 201. The molecular weight excluding hydrogens is 142 g/mol. The SMILES string of the molecule is CC(C)(C)OC(=O)C1=NCC1. The summed E-state index contributed by atoms with van der Waals surface area (Å²) in [5.74, 6) is -0.260. The lowest BCUT2D eigenvalue weighted by Gasteiger charge is -2.21. The minimum Gasteiger partial charge on any atom is -0.455 e. The van der Waals surface area contributed by atoms with Crippen molar-refractivity contribution in [2.24, 2.45) is 4.99 Å². The molecule has 1 aliphatic heterocycles. The smallest absolute Gasteiger partial charge is 0.352 e. The summed E-state index contributed by atoms with van der Waals surface area (Å²) in [6.07, 6.45) is 0.773. The van der Waals surface area contributed by atoms with E-state index in [1.54, 1.807) is 0 Å². The Kier molecular flexibility index (Phi) is 1.98. The molecule has 11 heavy (non-hydrogen) atoms. The van der Waals surface area contributed by atoms with E-state index < -0.39 is 5.60 Å². The summed E-state index contributed by atoms with van der Waals surface area (Å²) >= 11 is 0. The van der Waals surface area contributed by atoms with Crippen LogP contribution in [0.5, 0.6) is 0 Å². The minimum absolute atomic E-state index is 0.260. The quantitative estimate of drug-likeness (QED) is 0.533. The topological polar surface area (TPSA) is 38.7 Å². The molecule has 3 nitrogen and oxygen atoms in total. The largest absolute Gasteiger partial charge is 0.455 e. The van der Waals surface area contributed by atoms with E-state index in [1.165, 1.54) is 0 Å². The third kappa shape index (κ3) is 2.33. The van der Waals surface area contributed by atoms with Crippen molar-refractivity contribution in [2.75, 3.05) is 6.54 Å². The first-order valence-corrected chi connectivity index (χ1v) is 3.76. The van der Waals surface area contributed by atoms with E-state index in [2.05, 4.69) is 4.99 Å². The first kappa shape index (κ1) is 8.24. The van der Waals surface area contributed by atoms with Crippen LogP contribution >= 0.6 is 0 Å². The molecule has 0 radical (unpaired) electrons. The number of nitrogens with zero attached hydrogens (tertiary/aromatic N) is 1. The highest BCUT2D eigenvalue weighted by Gasteiger charge is 2.23. The van der Waals surface area contributed by atoms with Gasteiger partial charge in [0.25, 0.3) is 0 Å². The minimum atomic E-state index is -0.394. The number of rotatable bonds is 1. The summed E-state index contributed by atoms with van der Waals surface area (Å²) in [5, 5.41) is 0. The lowest BCUT2D eigenvalue weighted by Crippen LogP contribution is -2.32. The van der Waals surface area contributed by atoms with Crippen molar-refractivity contribution in [3.05, 3.63) is 0 Å². The number of hydrogen-bond acceptors (Lipinski definition) is 3. The molecule has 1 heterocycles. The van der Waals surface area contributed by atoms with Gasteiger partial charge in [0.2, 0.25) is 0 Å². The normalized spacial score (nSPS) is 16.8. The van der Waals surface area contributed by atoms with Gasteiger partial charge in [-0.05, 0) is 20.8 Å². The van der Waals surface area contributed by atoms with Crippen LogP contribution < -0.4 is 0 Å². The van der Waals surface area contributed by atoms with Crippen molar-refractivity contribution in [1.29, 1.82) is 0 Å². The van der Waals surface area contributed by atoms with Gasteiger partial charge in [-0.15, -0.1) is 0 Å². The van der Waals surface area contributed by atoms with Gasteiger partial charge < -0.3 is 4.74 Å². The molecule has 0 bridgehead atoms. The van der Waals surface area contributed by atoms with Crippen molar-refractivity contribution < 1.29 is 9.53 Å². The van der Waals surface area contributed by atoms with Crippen molar-refractivity contribution in [3.8, 4) is 0 Å². The van der Waals surface area contributed by atoms with Crippen molar-refractivity contribution in [2.45, 2.75) is 32.8 Å². The van der Waals surface area contributed by atoms with E-state index in [1.807, 2.05) is 20.8 Å². The van der Waals surface area contributed by atoms with Crippen LogP contribution in [0.4, 0.5) is 0 Å². The highest BCUT2D eigenvalue weighted by atomic mass is 16.6. The molecule has 0 amide bonds. The molecule has 0 aromatic rings. The Balaban J connectivity index is 2.44. The Morgan fingerprint density at radius 2 is 2.09 bits per heavy atom. The number of aliphatic imine (C=N–C) groups is 1. The molecule has 1 aliphatic rings. The van der Waals surface area contributed by atoms with Crippen LogP contribution in [0.25, 0.3) is 0 Å². The molecule has 1 rings (SSSR count). The summed E-state index contributed by atoms with van der Waals surface area (Å²) < 4.78 is 5.07. The highest BCUT2D eigenvalue weighted by Crippen LogP contribution is 2.11. The second-order valence-corrected chi connectivity index (χ2v) is 3.58. The number of ether oxygens (including phenoxy) is 1. The van der Waals surface area contributed by atoms with Gasteiger partial charge in [-0.3, -0.25) is 4.99 Å². The average molecular weight is 155 g/mol. The number of carbonyl (C=O) groups excluding carboxylic acids is 1. The van der Waals surface area contributed by atoms with Crippen LogP contribution in [0.1, 0.15) is 27.2 Å². The molecule has 0 atom stereocenters. The molecule has 3 heteroatoms. The molecule has 0 saturated carbocycles. The van der Waals surface area contributed by atoms with E-state index in [4.69, 9.17) is 4.74 Å². The van der Waals surface area contributed by atoms with E-state index in [-0.39, 0.29) is 5.97 Å². The van der Waals surface area contributed by atoms with Crippen LogP contribution in [-0.4, -0.2) is 23.8 Å². The Labute approximate surface area is 66.5 Å². The van der Waals surface area contributed by atoms with Crippen LogP contribution in [-0.2, 0) is 9.53 Å². The highest BCUT2D eigenvalue weighted by molar-refractivity contribution is 6.38. The molecule has 0 unspecified atom stereocenters. The molecule has 0 saturated heterocycles. The molecule has 0 aromatic heterocycles. The van der Waals surface area contributed by atoms with Crippen LogP contribution in [0.2, 0.25) is 0 Å². The van der Waals surface area contributed by atoms with Gasteiger partial charge >= 0.3 is 5.97 Å². The van der Waals surface area contributed by atoms with Crippen molar-refractivity contribution in [3.63, 3.8) is 0 Å². The van der Waals surface area contributed by atoms with Crippen LogP contribution in [0, 0.1) is 0 Å². The first-order valence-electron chi connectivity index (χ1n) is 3.76. The van der Waals surface area contributed by atoms with E-state index in [0.29, 0.717) is 5.71 Å². The van der Waals surface area contributed by atoms with E-state index in [0.717, 1.165) is 13.0 Å². The molecule has 0 fully saturated rings. The Morgan fingerprint density at radius 1 is 1.55 bits per heavy atom. The summed E-state index contributed by atoms with van der Waals surface area (Å²) in [7, 11) is 0. The third-order valence-electron chi connectivity index (χ3n) is 1.29. The fourth-order valence-electron chi connectivity index (χ4n) is 0.727. The second-order valence-electron chi connectivity index (χ2n) is 3.58. The zero-order valence-electron chi connectivity index (χ0n) is 7.18. The predicted octanol–water partition coefficient (Wildman–Crippen LogP) is 1.17. The summed E-state index contributed by atoms with van der Waals surface area (Å²) in [6, 6.07) is 0. The maximum absolute atomic E-state index is 11.1. The number of esters is 1. The lowest BCUT2D eigenvalue weighted by molar-refractivity contribution is -0.146. The Morgan fingerprint density at radius 3 is 2.36 bits per heavy atom. The van der Waals surface area contributed by atoms with Gasteiger partial charge in [0.05, 0.1) is 0 Å². The average Bonchev–Trinajstić information content (AvgIpc) is 1.50. The molecule has 62 valence electrons. The summed E-state index contributed by atoms with van der Waals surface area (Å²) in [4.78, 5) is 15.0. The molecular formula is C8H13NO2. The number of hydrogen-bond donors (Lipinski definition) is 0.